The Balaban J connectivity index is 2.28. The van der Waals surface area contributed by atoms with Gasteiger partial charge in [0.05, 0.1) is 16.6 Å². The molecule has 8 heteroatoms. The predicted octanol–water partition coefficient (Wildman–Crippen LogP) is 3.72. The molecule has 118 valence electrons. The van der Waals surface area contributed by atoms with Crippen LogP contribution in [0, 0.1) is 6.92 Å². The molecule has 0 bridgehead atoms. The Kier molecular flexibility index (Phi) is 4.03. The lowest BCUT2D eigenvalue weighted by atomic mass is 10.1. The number of hydrogen-bond donors (Lipinski definition) is 0. The van der Waals surface area contributed by atoms with Crippen LogP contribution in [0.2, 0.25) is 0 Å². The average molecular weight is 414 g/mol. The Labute approximate surface area is 146 Å². The lowest BCUT2D eigenvalue weighted by Crippen LogP contribution is -2.14. The van der Waals surface area contributed by atoms with Crippen molar-refractivity contribution >= 4 is 53.7 Å². The van der Waals surface area contributed by atoms with Crippen LogP contribution < -0.4 is 0 Å². The first kappa shape index (κ1) is 16.2. The molecule has 0 amide bonds. The molecule has 0 aliphatic rings. The maximum absolute atomic E-state index is 12.8. The molecule has 0 aliphatic heterocycles. The minimum atomic E-state index is -3.87. The van der Waals surface area contributed by atoms with Gasteiger partial charge in [0.1, 0.15) is 0 Å². The van der Waals surface area contributed by atoms with Crippen LogP contribution in [0.1, 0.15) is 15.9 Å². The van der Waals surface area contributed by atoms with E-state index in [0.29, 0.717) is 9.86 Å². The third-order valence-corrected chi connectivity index (χ3v) is 5.65. The lowest BCUT2D eigenvalue weighted by Gasteiger charge is -2.07. The fourth-order valence-electron chi connectivity index (χ4n) is 2.23. The monoisotopic (exact) mass is 412 g/mol. The van der Waals surface area contributed by atoms with E-state index >= 15 is 0 Å². The van der Waals surface area contributed by atoms with E-state index in [2.05, 4.69) is 21.0 Å². The molecular weight excluding hydrogens is 404 g/mol. The molecule has 3 aromatic rings. The van der Waals surface area contributed by atoms with Crippen molar-refractivity contribution in [3.8, 4) is 0 Å². The van der Waals surface area contributed by atoms with E-state index in [-0.39, 0.29) is 16.0 Å². The van der Waals surface area contributed by atoms with Gasteiger partial charge in [-0.05, 0) is 42.8 Å². The third-order valence-electron chi connectivity index (χ3n) is 3.38. The molecule has 23 heavy (non-hydrogen) atoms. The van der Waals surface area contributed by atoms with Crippen molar-refractivity contribution in [1.82, 2.24) is 9.19 Å². The van der Waals surface area contributed by atoms with Crippen LogP contribution in [0.4, 0.5) is 0 Å². The first-order valence-corrected chi connectivity index (χ1v) is 9.11. The van der Waals surface area contributed by atoms with Gasteiger partial charge in [-0.3, -0.25) is 4.79 Å². The number of nitrogens with zero attached hydrogens (tertiary/aromatic N) is 2. The number of hydrogen-bond acceptors (Lipinski definition) is 4. The Morgan fingerprint density at radius 1 is 1.22 bits per heavy atom. The van der Waals surface area contributed by atoms with Gasteiger partial charge >= 0.3 is 0 Å². The molecule has 3 rings (SSSR count). The highest BCUT2D eigenvalue weighted by molar-refractivity contribution is 9.10. The highest BCUT2D eigenvalue weighted by Gasteiger charge is 2.22. The van der Waals surface area contributed by atoms with Crippen LogP contribution in [0.15, 0.2) is 52.0 Å². The molecule has 1 heterocycles. The van der Waals surface area contributed by atoms with Gasteiger partial charge in [-0.15, -0.1) is 0 Å². The molecule has 0 radical (unpaired) electrons. The summed E-state index contributed by atoms with van der Waals surface area (Å²) in [6.45, 7) is 1.87. The molecule has 0 spiro atoms. The quantitative estimate of drug-likeness (QED) is 0.614. The molecule has 0 saturated heterocycles. The van der Waals surface area contributed by atoms with Crippen molar-refractivity contribution in [2.45, 2.75) is 11.8 Å². The lowest BCUT2D eigenvalue weighted by molar-refractivity contribution is 0.108. The largest absolute Gasteiger partial charge is 0.283 e. The van der Waals surface area contributed by atoms with Gasteiger partial charge in [0.25, 0.3) is 15.3 Å². The van der Waals surface area contributed by atoms with Gasteiger partial charge in [0, 0.05) is 15.4 Å². The van der Waals surface area contributed by atoms with E-state index in [1.54, 1.807) is 18.2 Å². The number of aromatic nitrogens is 2. The van der Waals surface area contributed by atoms with E-state index in [1.165, 1.54) is 24.4 Å². The molecule has 0 N–H and O–H groups in total. The van der Waals surface area contributed by atoms with Crippen molar-refractivity contribution in [2.75, 3.05) is 0 Å². The van der Waals surface area contributed by atoms with Gasteiger partial charge in [0.2, 0.25) is 0 Å². The Bertz CT molecular complexity index is 1030. The zero-order chi connectivity index (χ0) is 16.8. The second kappa shape index (κ2) is 5.74. The predicted molar refractivity (Wildman–Crippen MR) is 91.4 cm³/mol. The van der Waals surface area contributed by atoms with Crippen LogP contribution in [-0.2, 0) is 10.0 Å². The van der Waals surface area contributed by atoms with Crippen LogP contribution >= 0.6 is 27.5 Å². The number of rotatable bonds is 3. The second-order valence-corrected chi connectivity index (χ2v) is 7.99. The summed E-state index contributed by atoms with van der Waals surface area (Å²) < 4.78 is 27.0. The first-order valence-electron chi connectivity index (χ1n) is 6.50. The van der Waals surface area contributed by atoms with Crippen LogP contribution in [0.3, 0.4) is 0 Å². The topological polar surface area (TPSA) is 69.0 Å². The minimum absolute atomic E-state index is 0.117. The van der Waals surface area contributed by atoms with Crippen LogP contribution in [0.25, 0.3) is 10.9 Å². The summed E-state index contributed by atoms with van der Waals surface area (Å²) in [6.07, 6.45) is 1.32. The van der Waals surface area contributed by atoms with Gasteiger partial charge < -0.3 is 0 Å². The number of halogens is 2. The standard InChI is InChI=1S/C15H10BrClN2O3S/c1-9-2-4-11(5-3-9)23(21,22)19-14-7-10(16)6-12(15(17)20)13(14)8-18-19/h2-8H,1H3. The van der Waals surface area contributed by atoms with Gasteiger partial charge in [-0.2, -0.15) is 17.6 Å². The summed E-state index contributed by atoms with van der Waals surface area (Å²) in [5.74, 6) is 0. The molecule has 0 aliphatic carbocycles. The van der Waals surface area contributed by atoms with E-state index in [1.807, 2.05) is 6.92 Å². The van der Waals surface area contributed by atoms with Crippen LogP contribution in [0.5, 0.6) is 0 Å². The van der Waals surface area contributed by atoms with Crippen molar-refractivity contribution in [1.29, 1.82) is 0 Å². The summed E-state index contributed by atoms with van der Waals surface area (Å²) in [5, 5.41) is 3.65. The molecule has 2 aromatic carbocycles. The Morgan fingerprint density at radius 2 is 1.87 bits per heavy atom. The third kappa shape index (κ3) is 2.80. The fourth-order valence-corrected chi connectivity index (χ4v) is 4.10. The average Bonchev–Trinajstić information content (AvgIpc) is 2.90. The minimum Gasteiger partial charge on any atom is -0.276 e. The fraction of sp³-hybridized carbons (Fsp3) is 0.0667. The summed E-state index contributed by atoms with van der Waals surface area (Å²) >= 11 is 8.82. The van der Waals surface area contributed by atoms with E-state index in [0.717, 1.165) is 9.65 Å². The van der Waals surface area contributed by atoms with Crippen molar-refractivity contribution in [3.05, 3.63) is 58.2 Å². The normalized spacial score (nSPS) is 11.8. The van der Waals surface area contributed by atoms with Gasteiger partial charge in [-0.1, -0.05) is 33.6 Å². The molecule has 0 unspecified atom stereocenters. The number of aryl methyl sites for hydroxylation is 1. The number of carbonyl (C=O) groups excluding carboxylic acids is 1. The summed E-state index contributed by atoms with van der Waals surface area (Å²) in [5.41, 5.74) is 1.43. The maximum Gasteiger partial charge on any atom is 0.283 e. The summed E-state index contributed by atoms with van der Waals surface area (Å²) in [6, 6.07) is 9.57. The molecule has 1 aromatic heterocycles. The molecular formula is C15H10BrClN2O3S. The van der Waals surface area contributed by atoms with Gasteiger partial charge in [-0.25, -0.2) is 0 Å². The Morgan fingerprint density at radius 3 is 2.48 bits per heavy atom. The Hall–Kier alpha value is -1.70. The zero-order valence-corrected chi connectivity index (χ0v) is 15.0. The number of fused-ring (bicyclic) bond motifs is 1. The van der Waals surface area contributed by atoms with E-state index < -0.39 is 15.3 Å². The van der Waals surface area contributed by atoms with Crippen LogP contribution in [-0.4, -0.2) is 22.8 Å². The summed E-state index contributed by atoms with van der Waals surface area (Å²) in [7, 11) is -3.87. The molecule has 0 fully saturated rings. The van der Waals surface area contributed by atoms with E-state index in [9.17, 15) is 13.2 Å². The number of benzene rings is 2. The highest BCUT2D eigenvalue weighted by atomic mass is 79.9. The maximum atomic E-state index is 12.8. The van der Waals surface area contributed by atoms with Crippen molar-refractivity contribution < 1.29 is 13.2 Å². The second-order valence-electron chi connectivity index (χ2n) is 4.97. The SMILES string of the molecule is Cc1ccc(S(=O)(=O)n2ncc3c(C(=O)Cl)cc(Br)cc32)cc1. The number of carbonyl (C=O) groups is 1. The van der Waals surface area contributed by atoms with Crippen molar-refractivity contribution in [2.24, 2.45) is 0 Å². The highest BCUT2D eigenvalue weighted by Crippen LogP contribution is 2.28. The molecule has 5 nitrogen and oxygen atoms in total. The summed E-state index contributed by atoms with van der Waals surface area (Å²) in [4.78, 5) is 11.7. The zero-order valence-electron chi connectivity index (χ0n) is 11.8. The van der Waals surface area contributed by atoms with Gasteiger partial charge in [0.15, 0.2) is 0 Å². The van der Waals surface area contributed by atoms with Crippen molar-refractivity contribution in [3.63, 3.8) is 0 Å². The molecule has 0 saturated carbocycles. The molecule has 0 atom stereocenters. The first-order chi connectivity index (χ1) is 10.8. The smallest absolute Gasteiger partial charge is 0.276 e. The van der Waals surface area contributed by atoms with E-state index in [4.69, 9.17) is 11.6 Å².